The van der Waals surface area contributed by atoms with Crippen LogP contribution in [0.1, 0.15) is 16.1 Å². The molecule has 0 atom stereocenters. The van der Waals surface area contributed by atoms with E-state index in [9.17, 15) is 9.18 Å². The van der Waals surface area contributed by atoms with Gasteiger partial charge in [0.2, 0.25) is 0 Å². The third-order valence-corrected chi connectivity index (χ3v) is 4.02. The van der Waals surface area contributed by atoms with Gasteiger partial charge >= 0.3 is 0 Å². The number of amides is 1. The molecule has 1 aromatic heterocycles. The number of hydrogen-bond acceptors (Lipinski definition) is 3. The molecule has 0 aliphatic carbocycles. The Balaban J connectivity index is 1.83. The highest BCUT2D eigenvalue weighted by molar-refractivity contribution is 6.11. The number of benzene rings is 2. The topological polar surface area (TPSA) is 42.4 Å². The molecule has 1 aliphatic rings. The van der Waals surface area contributed by atoms with E-state index in [2.05, 4.69) is 4.98 Å². The minimum atomic E-state index is -0.414. The van der Waals surface area contributed by atoms with Crippen LogP contribution in [-0.2, 0) is 6.54 Å². The summed E-state index contributed by atoms with van der Waals surface area (Å²) < 4.78 is 18.9. The molecule has 4 rings (SSSR count). The number of hydrogen-bond donors (Lipinski definition) is 0. The summed E-state index contributed by atoms with van der Waals surface area (Å²) in [5.74, 6) is -0.151. The summed E-state index contributed by atoms with van der Waals surface area (Å²) in [6.45, 7) is 0.304. The zero-order chi connectivity index (χ0) is 16.0. The molecule has 0 N–H and O–H groups in total. The first-order valence-corrected chi connectivity index (χ1v) is 7.21. The van der Waals surface area contributed by atoms with Crippen LogP contribution in [0.3, 0.4) is 0 Å². The quantitative estimate of drug-likeness (QED) is 0.727. The molecule has 114 valence electrons. The first-order valence-electron chi connectivity index (χ1n) is 7.21. The fraction of sp³-hybridized carbons (Fsp3) is 0.111. The third-order valence-electron chi connectivity index (χ3n) is 4.02. The summed E-state index contributed by atoms with van der Waals surface area (Å²) in [6.07, 6.45) is 0. The fourth-order valence-corrected chi connectivity index (χ4v) is 2.90. The number of halogens is 1. The van der Waals surface area contributed by atoms with Gasteiger partial charge in [-0.3, -0.25) is 14.7 Å². The lowest BCUT2D eigenvalue weighted by molar-refractivity contribution is 0.0996. The fourth-order valence-electron chi connectivity index (χ4n) is 2.90. The van der Waals surface area contributed by atoms with Gasteiger partial charge in [0, 0.05) is 11.5 Å². The average Bonchev–Trinajstić information content (AvgIpc) is 2.89. The van der Waals surface area contributed by atoms with Gasteiger partial charge in [0.05, 0.1) is 36.1 Å². The summed E-state index contributed by atoms with van der Waals surface area (Å²) in [5.41, 5.74) is 2.50. The lowest BCUT2D eigenvalue weighted by Gasteiger charge is -2.18. The lowest BCUT2D eigenvalue weighted by atomic mass is 10.1. The Morgan fingerprint density at radius 2 is 2.00 bits per heavy atom. The summed E-state index contributed by atoms with van der Waals surface area (Å²) in [6, 6.07) is 13.6. The van der Waals surface area contributed by atoms with Crippen LogP contribution in [0.2, 0.25) is 0 Å². The van der Waals surface area contributed by atoms with Crippen molar-refractivity contribution in [2.75, 3.05) is 12.0 Å². The van der Waals surface area contributed by atoms with Gasteiger partial charge in [-0.2, -0.15) is 0 Å². The number of carbonyl (C=O) groups excluding carboxylic acids is 1. The van der Waals surface area contributed by atoms with E-state index < -0.39 is 5.82 Å². The van der Waals surface area contributed by atoms with E-state index >= 15 is 0 Å². The second-order valence-electron chi connectivity index (χ2n) is 5.38. The highest BCUT2D eigenvalue weighted by atomic mass is 19.1. The van der Waals surface area contributed by atoms with Crippen LogP contribution in [0.25, 0.3) is 10.9 Å². The number of fused-ring (bicyclic) bond motifs is 2. The Bertz CT molecular complexity index is 939. The molecular formula is C18H13FN2O2. The van der Waals surface area contributed by atoms with Crippen LogP contribution in [-0.4, -0.2) is 18.0 Å². The van der Waals surface area contributed by atoms with E-state index in [1.165, 1.54) is 30.2 Å². The van der Waals surface area contributed by atoms with Crippen LogP contribution >= 0.6 is 0 Å². The molecule has 0 unspecified atom stereocenters. The number of methoxy groups -OCH3 is 1. The van der Waals surface area contributed by atoms with Crippen molar-refractivity contribution in [3.05, 3.63) is 65.6 Å². The van der Waals surface area contributed by atoms with Crippen molar-refractivity contribution in [2.24, 2.45) is 0 Å². The number of anilines is 1. The van der Waals surface area contributed by atoms with Crippen molar-refractivity contribution in [3.63, 3.8) is 0 Å². The number of aromatic nitrogens is 1. The van der Waals surface area contributed by atoms with E-state index in [0.29, 0.717) is 29.2 Å². The molecule has 2 aromatic carbocycles. The Morgan fingerprint density at radius 1 is 1.17 bits per heavy atom. The maximum Gasteiger partial charge on any atom is 0.260 e. The summed E-state index contributed by atoms with van der Waals surface area (Å²) in [5, 5.41) is 0.910. The van der Waals surface area contributed by atoms with E-state index in [4.69, 9.17) is 4.74 Å². The minimum absolute atomic E-state index is 0.192. The van der Waals surface area contributed by atoms with E-state index in [0.717, 1.165) is 10.9 Å². The normalized spacial score (nSPS) is 13.5. The van der Waals surface area contributed by atoms with Crippen LogP contribution in [0.15, 0.2) is 48.5 Å². The largest absolute Gasteiger partial charge is 0.495 e. The number of para-hydroxylation sites is 1. The summed E-state index contributed by atoms with van der Waals surface area (Å²) in [7, 11) is 1.50. The number of pyridine rings is 1. The Labute approximate surface area is 132 Å². The minimum Gasteiger partial charge on any atom is -0.495 e. The predicted octanol–water partition coefficient (Wildman–Crippen LogP) is 3.54. The SMILES string of the molecule is COc1ccc(F)cc1N1Cc2nc3ccccc3cc2C1=O. The van der Waals surface area contributed by atoms with E-state index in [1.807, 2.05) is 30.3 Å². The van der Waals surface area contributed by atoms with Crippen molar-refractivity contribution < 1.29 is 13.9 Å². The van der Waals surface area contributed by atoms with Gasteiger partial charge in [-0.25, -0.2) is 4.39 Å². The zero-order valence-electron chi connectivity index (χ0n) is 12.4. The molecule has 2 heterocycles. The Kier molecular flexibility index (Phi) is 3.01. The molecule has 4 nitrogen and oxygen atoms in total. The van der Waals surface area contributed by atoms with Crippen LogP contribution in [0.5, 0.6) is 5.75 Å². The van der Waals surface area contributed by atoms with Gasteiger partial charge in [-0.05, 0) is 24.3 Å². The Morgan fingerprint density at radius 3 is 2.83 bits per heavy atom. The number of nitrogens with zero attached hydrogens (tertiary/aromatic N) is 2. The lowest BCUT2D eigenvalue weighted by Crippen LogP contribution is -2.23. The number of carbonyl (C=O) groups is 1. The smallest absolute Gasteiger partial charge is 0.260 e. The molecule has 0 saturated carbocycles. The zero-order valence-corrected chi connectivity index (χ0v) is 12.4. The first kappa shape index (κ1) is 13.7. The molecule has 0 bridgehead atoms. The van der Waals surface area contributed by atoms with Crippen molar-refractivity contribution in [3.8, 4) is 5.75 Å². The monoisotopic (exact) mass is 308 g/mol. The molecule has 0 fully saturated rings. The van der Waals surface area contributed by atoms with Crippen LogP contribution in [0.4, 0.5) is 10.1 Å². The van der Waals surface area contributed by atoms with E-state index in [1.54, 1.807) is 0 Å². The molecule has 1 aliphatic heterocycles. The third kappa shape index (κ3) is 2.12. The van der Waals surface area contributed by atoms with Crippen molar-refractivity contribution in [1.82, 2.24) is 4.98 Å². The second kappa shape index (κ2) is 5.05. The van der Waals surface area contributed by atoms with Gasteiger partial charge in [0.25, 0.3) is 5.91 Å². The van der Waals surface area contributed by atoms with Gasteiger partial charge in [0.15, 0.2) is 0 Å². The van der Waals surface area contributed by atoms with Crippen LogP contribution < -0.4 is 9.64 Å². The molecular weight excluding hydrogens is 295 g/mol. The molecule has 3 aromatic rings. The highest BCUT2D eigenvalue weighted by Gasteiger charge is 2.32. The summed E-state index contributed by atoms with van der Waals surface area (Å²) in [4.78, 5) is 18.8. The predicted molar refractivity (Wildman–Crippen MR) is 85.2 cm³/mol. The molecule has 0 spiro atoms. The molecule has 23 heavy (non-hydrogen) atoms. The van der Waals surface area contributed by atoms with Gasteiger partial charge in [0.1, 0.15) is 11.6 Å². The van der Waals surface area contributed by atoms with Crippen LogP contribution in [0, 0.1) is 5.82 Å². The maximum absolute atomic E-state index is 13.6. The van der Waals surface area contributed by atoms with Gasteiger partial charge in [-0.15, -0.1) is 0 Å². The second-order valence-corrected chi connectivity index (χ2v) is 5.38. The van der Waals surface area contributed by atoms with Crippen molar-refractivity contribution >= 4 is 22.5 Å². The molecule has 0 saturated heterocycles. The standard InChI is InChI=1S/C18H13FN2O2/c1-23-17-7-6-12(19)9-16(17)21-10-15-13(18(21)22)8-11-4-2-3-5-14(11)20-15/h2-9H,10H2,1H3. The van der Waals surface area contributed by atoms with Gasteiger partial charge < -0.3 is 4.74 Å². The maximum atomic E-state index is 13.6. The average molecular weight is 308 g/mol. The molecule has 5 heteroatoms. The number of ether oxygens (including phenoxy) is 1. The molecule has 0 radical (unpaired) electrons. The van der Waals surface area contributed by atoms with Crippen molar-refractivity contribution in [1.29, 1.82) is 0 Å². The van der Waals surface area contributed by atoms with E-state index in [-0.39, 0.29) is 5.91 Å². The van der Waals surface area contributed by atoms with Gasteiger partial charge in [-0.1, -0.05) is 18.2 Å². The van der Waals surface area contributed by atoms with Crippen molar-refractivity contribution in [2.45, 2.75) is 6.54 Å². The Hall–Kier alpha value is -2.95. The first-order chi connectivity index (χ1) is 11.2. The number of rotatable bonds is 2. The highest BCUT2D eigenvalue weighted by Crippen LogP contribution is 2.35. The molecule has 1 amide bonds. The summed E-state index contributed by atoms with van der Waals surface area (Å²) >= 11 is 0.